The number of fused-ring (bicyclic) bond motifs is 2. The summed E-state index contributed by atoms with van der Waals surface area (Å²) in [5, 5.41) is 3.60. The van der Waals surface area contributed by atoms with E-state index in [-0.39, 0.29) is 23.4 Å². The first-order chi connectivity index (χ1) is 16.0. The number of benzene rings is 1. The number of carbonyl (C=O) groups excluding carboxylic acids is 1. The van der Waals surface area contributed by atoms with Crippen molar-refractivity contribution in [2.75, 3.05) is 13.1 Å². The maximum absolute atomic E-state index is 12.8. The van der Waals surface area contributed by atoms with Crippen LogP contribution in [-0.4, -0.2) is 25.2 Å². The third-order valence-electron chi connectivity index (χ3n) is 8.62. The van der Waals surface area contributed by atoms with Crippen molar-refractivity contribution in [1.29, 1.82) is 0 Å². The van der Waals surface area contributed by atoms with Gasteiger partial charge in [0, 0.05) is 18.4 Å². The van der Waals surface area contributed by atoms with Gasteiger partial charge in [-0.05, 0) is 80.5 Å². The molecule has 4 heteroatoms. The molecule has 1 aromatic carbocycles. The Morgan fingerprint density at radius 2 is 2.06 bits per heavy atom. The molecule has 3 fully saturated rings. The Hall–Kier alpha value is -2.33. The molecular weight excluding hydrogens is 410 g/mol. The fourth-order valence-electron chi connectivity index (χ4n) is 6.79. The normalized spacial score (nSPS) is 32.2. The Kier molecular flexibility index (Phi) is 6.47. The van der Waals surface area contributed by atoms with Gasteiger partial charge in [0.2, 0.25) is 0 Å². The van der Waals surface area contributed by atoms with Gasteiger partial charge in [-0.2, -0.15) is 0 Å². The van der Waals surface area contributed by atoms with Crippen LogP contribution in [0.5, 0.6) is 0 Å². The largest absolute Gasteiger partial charge is 0.469 e. The molecule has 0 spiro atoms. The van der Waals surface area contributed by atoms with Crippen LogP contribution >= 0.6 is 0 Å². The number of carbonyl (C=O) groups is 1. The highest BCUT2D eigenvalue weighted by atomic mass is 16.6. The highest BCUT2D eigenvalue weighted by molar-refractivity contribution is 5.75. The van der Waals surface area contributed by atoms with E-state index in [1.165, 1.54) is 24.0 Å². The lowest BCUT2D eigenvalue weighted by atomic mass is 9.55. The molecular formula is C29H37NO3. The van der Waals surface area contributed by atoms with Gasteiger partial charge in [-0.25, -0.2) is 0 Å². The molecule has 176 valence electrons. The SMILES string of the molecule is C=C1CCCC2(C)CC3OC(=O)C(CNCCC(Cc4ccccc4)c4ccco4)C3CC12. The summed E-state index contributed by atoms with van der Waals surface area (Å²) in [4.78, 5) is 12.8. The average Bonchev–Trinajstić information content (AvgIpc) is 3.43. The Morgan fingerprint density at radius 1 is 1.21 bits per heavy atom. The number of ether oxygens (including phenoxy) is 1. The monoisotopic (exact) mass is 447 g/mol. The maximum atomic E-state index is 12.8. The Labute approximate surface area is 197 Å². The first-order valence-electron chi connectivity index (χ1n) is 12.7. The minimum Gasteiger partial charge on any atom is -0.469 e. The highest BCUT2D eigenvalue weighted by Crippen LogP contribution is 2.56. The number of hydrogen-bond donors (Lipinski definition) is 1. The lowest BCUT2D eigenvalue weighted by molar-refractivity contribution is -0.146. The molecule has 0 amide bonds. The zero-order valence-corrected chi connectivity index (χ0v) is 19.8. The van der Waals surface area contributed by atoms with E-state index in [0.717, 1.165) is 44.4 Å². The standard InChI is InChI=1S/C29H37NO3/c1-20-8-6-13-29(2)18-27-23(17-25(20)29)24(28(31)33-27)19-30-14-12-22(26-11-7-15-32-26)16-21-9-4-3-5-10-21/h3-5,7,9-11,15,22-25,27,30H,1,6,8,12-14,16-19H2,2H3. The van der Waals surface area contributed by atoms with E-state index in [0.29, 0.717) is 24.3 Å². The average molecular weight is 448 g/mol. The molecule has 6 atom stereocenters. The van der Waals surface area contributed by atoms with Gasteiger partial charge < -0.3 is 14.5 Å². The predicted molar refractivity (Wildman–Crippen MR) is 130 cm³/mol. The number of esters is 1. The van der Waals surface area contributed by atoms with Crippen molar-refractivity contribution in [3.8, 4) is 0 Å². The molecule has 0 radical (unpaired) electrons. The van der Waals surface area contributed by atoms with Gasteiger partial charge in [-0.1, -0.05) is 49.4 Å². The van der Waals surface area contributed by atoms with Crippen LogP contribution in [-0.2, 0) is 16.0 Å². The zero-order valence-electron chi connectivity index (χ0n) is 19.8. The van der Waals surface area contributed by atoms with Crippen molar-refractivity contribution >= 4 is 5.97 Å². The van der Waals surface area contributed by atoms with Crippen molar-refractivity contribution in [3.05, 3.63) is 72.2 Å². The fraction of sp³-hybridized carbons (Fsp3) is 0.552. The molecule has 3 aliphatic rings. The quantitative estimate of drug-likeness (QED) is 0.311. The van der Waals surface area contributed by atoms with Gasteiger partial charge in [-0.15, -0.1) is 0 Å². The van der Waals surface area contributed by atoms with Crippen LogP contribution in [0.1, 0.15) is 62.7 Å². The number of hydrogen-bond acceptors (Lipinski definition) is 4. The lowest BCUT2D eigenvalue weighted by Gasteiger charge is -2.50. The first kappa shape index (κ1) is 22.5. The molecule has 1 saturated heterocycles. The molecule has 1 N–H and O–H groups in total. The van der Waals surface area contributed by atoms with Crippen molar-refractivity contribution in [2.45, 2.75) is 63.9 Å². The van der Waals surface area contributed by atoms with E-state index in [1.54, 1.807) is 6.26 Å². The Bertz CT molecular complexity index is 953. The number of furan rings is 1. The van der Waals surface area contributed by atoms with Crippen molar-refractivity contribution < 1.29 is 13.9 Å². The van der Waals surface area contributed by atoms with Gasteiger partial charge in [0.1, 0.15) is 11.9 Å². The molecule has 33 heavy (non-hydrogen) atoms. The molecule has 2 aromatic rings. The van der Waals surface area contributed by atoms with Crippen LogP contribution in [0.2, 0.25) is 0 Å². The lowest BCUT2D eigenvalue weighted by Crippen LogP contribution is -2.45. The molecule has 2 heterocycles. The van der Waals surface area contributed by atoms with E-state index in [2.05, 4.69) is 55.2 Å². The molecule has 4 nitrogen and oxygen atoms in total. The van der Waals surface area contributed by atoms with E-state index >= 15 is 0 Å². The summed E-state index contributed by atoms with van der Waals surface area (Å²) < 4.78 is 11.7. The molecule has 2 saturated carbocycles. The molecule has 1 aliphatic heterocycles. The smallest absolute Gasteiger partial charge is 0.310 e. The fourth-order valence-corrected chi connectivity index (χ4v) is 6.79. The van der Waals surface area contributed by atoms with E-state index in [1.807, 2.05) is 6.07 Å². The third kappa shape index (κ3) is 4.68. The van der Waals surface area contributed by atoms with Crippen LogP contribution < -0.4 is 5.32 Å². The van der Waals surface area contributed by atoms with Crippen molar-refractivity contribution in [1.82, 2.24) is 5.32 Å². The first-order valence-corrected chi connectivity index (χ1v) is 12.7. The van der Waals surface area contributed by atoms with Crippen LogP contribution in [0.3, 0.4) is 0 Å². The van der Waals surface area contributed by atoms with Gasteiger partial charge in [0.25, 0.3) is 0 Å². The maximum Gasteiger partial charge on any atom is 0.310 e. The third-order valence-corrected chi connectivity index (χ3v) is 8.62. The van der Waals surface area contributed by atoms with E-state index in [9.17, 15) is 4.79 Å². The van der Waals surface area contributed by atoms with Crippen LogP contribution in [0.4, 0.5) is 0 Å². The number of allylic oxidation sites excluding steroid dienone is 1. The van der Waals surface area contributed by atoms with E-state index < -0.39 is 0 Å². The molecule has 2 aliphatic carbocycles. The van der Waals surface area contributed by atoms with Crippen LogP contribution in [0.15, 0.2) is 65.3 Å². The molecule has 0 bridgehead atoms. The summed E-state index contributed by atoms with van der Waals surface area (Å²) in [6, 6.07) is 14.6. The number of nitrogens with one attached hydrogen (secondary N) is 1. The number of rotatable bonds is 8. The molecule has 1 aromatic heterocycles. The Morgan fingerprint density at radius 3 is 2.85 bits per heavy atom. The topological polar surface area (TPSA) is 51.5 Å². The predicted octanol–water partition coefficient (Wildman–Crippen LogP) is 5.90. The van der Waals surface area contributed by atoms with Crippen molar-refractivity contribution in [2.24, 2.45) is 23.2 Å². The Balaban J connectivity index is 1.18. The van der Waals surface area contributed by atoms with E-state index in [4.69, 9.17) is 9.15 Å². The molecule has 5 rings (SSSR count). The summed E-state index contributed by atoms with van der Waals surface area (Å²) in [5.41, 5.74) is 2.97. The molecule has 6 unspecified atom stereocenters. The summed E-state index contributed by atoms with van der Waals surface area (Å²) in [6.07, 6.45) is 9.42. The minimum atomic E-state index is -0.0366. The minimum absolute atomic E-state index is 0.00257. The summed E-state index contributed by atoms with van der Waals surface area (Å²) in [5.74, 6) is 2.17. The van der Waals surface area contributed by atoms with Crippen LogP contribution in [0.25, 0.3) is 0 Å². The van der Waals surface area contributed by atoms with Crippen molar-refractivity contribution in [3.63, 3.8) is 0 Å². The van der Waals surface area contributed by atoms with Gasteiger partial charge in [0.15, 0.2) is 0 Å². The van der Waals surface area contributed by atoms with Crippen LogP contribution in [0, 0.1) is 23.2 Å². The second kappa shape index (κ2) is 9.50. The highest BCUT2D eigenvalue weighted by Gasteiger charge is 2.54. The second-order valence-corrected chi connectivity index (χ2v) is 10.8. The summed E-state index contributed by atoms with van der Waals surface area (Å²) in [6.45, 7) is 8.35. The summed E-state index contributed by atoms with van der Waals surface area (Å²) >= 11 is 0. The van der Waals surface area contributed by atoms with Gasteiger partial charge in [-0.3, -0.25) is 4.79 Å². The summed E-state index contributed by atoms with van der Waals surface area (Å²) in [7, 11) is 0. The zero-order chi connectivity index (χ0) is 22.8. The van der Waals surface area contributed by atoms with Gasteiger partial charge >= 0.3 is 5.97 Å². The second-order valence-electron chi connectivity index (χ2n) is 10.8. The van der Waals surface area contributed by atoms with Gasteiger partial charge in [0.05, 0.1) is 12.2 Å².